The third kappa shape index (κ3) is 5.12. The van der Waals surface area contributed by atoms with Crippen molar-refractivity contribution < 1.29 is 4.79 Å². The van der Waals surface area contributed by atoms with Crippen LogP contribution < -0.4 is 4.90 Å². The van der Waals surface area contributed by atoms with E-state index in [1.807, 2.05) is 18.2 Å². The van der Waals surface area contributed by atoms with Crippen molar-refractivity contribution in [3.8, 4) is 0 Å². The predicted octanol–water partition coefficient (Wildman–Crippen LogP) is 8.24. The van der Waals surface area contributed by atoms with Gasteiger partial charge in [-0.05, 0) is 75.4 Å². The number of aromatic nitrogens is 1. The Bertz CT molecular complexity index is 1240. The van der Waals surface area contributed by atoms with Gasteiger partial charge in [0.25, 0.3) is 0 Å². The first-order valence-corrected chi connectivity index (χ1v) is 11.9. The lowest BCUT2D eigenvalue weighted by Gasteiger charge is -2.20. The average molecular weight is 463 g/mol. The molecule has 162 valence electrons. The van der Waals surface area contributed by atoms with Crippen LogP contribution in [0.4, 0.5) is 27.2 Å². The summed E-state index contributed by atoms with van der Waals surface area (Å²) in [4.78, 5) is 19.0. The second-order valence-electron chi connectivity index (χ2n) is 6.94. The predicted molar refractivity (Wildman–Crippen MR) is 132 cm³/mol. The minimum atomic E-state index is 0.0302. The number of anilines is 1. The molecule has 4 aromatic rings. The molecule has 0 saturated heterocycles. The topological polar surface area (TPSA) is 82.6 Å². The van der Waals surface area contributed by atoms with E-state index in [1.165, 1.54) is 28.4 Å². The number of hydrogen-bond donors (Lipinski definition) is 0. The molecule has 0 amide bonds. The lowest BCUT2D eigenvalue weighted by molar-refractivity contribution is 0.101. The van der Waals surface area contributed by atoms with E-state index >= 15 is 0 Å². The molecule has 9 heteroatoms. The summed E-state index contributed by atoms with van der Waals surface area (Å²) in [5.74, 6) is 0.0302. The minimum absolute atomic E-state index is 0.0302. The van der Waals surface area contributed by atoms with Crippen LogP contribution in [0, 0.1) is 0 Å². The van der Waals surface area contributed by atoms with Crippen molar-refractivity contribution in [2.75, 3.05) is 18.0 Å². The van der Waals surface area contributed by atoms with Crippen LogP contribution in [0.1, 0.15) is 31.1 Å². The number of rotatable bonds is 8. The summed E-state index contributed by atoms with van der Waals surface area (Å²) in [7, 11) is 0. The molecule has 0 radical (unpaired) electrons. The maximum absolute atomic E-state index is 11.3. The normalized spacial score (nSPS) is 11.7. The molecular formula is C23H22N6OS2. The maximum atomic E-state index is 11.3. The number of thiophene rings is 1. The fraction of sp³-hybridized carbons (Fsp3) is 0.217. The van der Waals surface area contributed by atoms with E-state index in [0.717, 1.165) is 33.3 Å². The van der Waals surface area contributed by atoms with Gasteiger partial charge in [0.1, 0.15) is 9.83 Å². The highest BCUT2D eigenvalue weighted by molar-refractivity contribution is 7.30. The number of benzene rings is 2. The van der Waals surface area contributed by atoms with Crippen molar-refractivity contribution in [3.05, 3.63) is 60.2 Å². The highest BCUT2D eigenvalue weighted by Gasteiger charge is 2.08. The van der Waals surface area contributed by atoms with Gasteiger partial charge in [-0.25, -0.2) is 4.98 Å². The number of azo groups is 2. The van der Waals surface area contributed by atoms with Gasteiger partial charge in [-0.15, -0.1) is 20.5 Å². The van der Waals surface area contributed by atoms with Crippen molar-refractivity contribution in [2.24, 2.45) is 20.5 Å². The molecule has 7 nitrogen and oxygen atoms in total. The Balaban J connectivity index is 1.43. The number of hydrogen-bond acceptors (Lipinski definition) is 9. The Morgan fingerprint density at radius 3 is 2.09 bits per heavy atom. The first kappa shape index (κ1) is 21.9. The summed E-state index contributed by atoms with van der Waals surface area (Å²) in [6.45, 7) is 7.77. The van der Waals surface area contributed by atoms with Gasteiger partial charge in [0.2, 0.25) is 5.13 Å². The molecule has 0 fully saturated rings. The third-order valence-electron chi connectivity index (χ3n) is 4.83. The molecule has 0 saturated carbocycles. The lowest BCUT2D eigenvalue weighted by atomic mass is 10.1. The first-order chi connectivity index (χ1) is 15.6. The van der Waals surface area contributed by atoms with Crippen LogP contribution in [0.2, 0.25) is 0 Å². The van der Waals surface area contributed by atoms with Crippen molar-refractivity contribution in [1.29, 1.82) is 0 Å². The number of fused-ring (bicyclic) bond motifs is 1. The summed E-state index contributed by atoms with van der Waals surface area (Å²) in [5.41, 5.74) is 3.33. The van der Waals surface area contributed by atoms with E-state index in [0.29, 0.717) is 16.4 Å². The largest absolute Gasteiger partial charge is 0.372 e. The van der Waals surface area contributed by atoms with Crippen LogP contribution in [0.3, 0.4) is 0 Å². The molecule has 2 aromatic heterocycles. The van der Waals surface area contributed by atoms with Crippen molar-refractivity contribution in [1.82, 2.24) is 4.98 Å². The van der Waals surface area contributed by atoms with Gasteiger partial charge in [0, 0.05) is 24.3 Å². The summed E-state index contributed by atoms with van der Waals surface area (Å²) in [5, 5.41) is 18.5. The Hall–Kier alpha value is -3.30. The Morgan fingerprint density at radius 2 is 1.50 bits per heavy atom. The summed E-state index contributed by atoms with van der Waals surface area (Å²) in [6, 6.07) is 17.1. The molecule has 0 spiro atoms. The van der Waals surface area contributed by atoms with E-state index in [1.54, 1.807) is 31.2 Å². The van der Waals surface area contributed by atoms with Crippen LogP contribution in [0.25, 0.3) is 9.53 Å². The zero-order chi connectivity index (χ0) is 22.5. The summed E-state index contributed by atoms with van der Waals surface area (Å²) >= 11 is 2.93. The average Bonchev–Trinajstić information content (AvgIpc) is 3.36. The number of thiazole rings is 1. The Kier molecular flexibility index (Phi) is 6.77. The zero-order valence-corrected chi connectivity index (χ0v) is 19.7. The van der Waals surface area contributed by atoms with E-state index in [-0.39, 0.29) is 5.78 Å². The molecule has 0 aliphatic rings. The van der Waals surface area contributed by atoms with E-state index in [9.17, 15) is 4.79 Å². The molecule has 0 aliphatic carbocycles. The fourth-order valence-electron chi connectivity index (χ4n) is 3.09. The minimum Gasteiger partial charge on any atom is -0.372 e. The number of carbonyl (C=O) groups excluding carboxylic acids is 1. The molecule has 4 rings (SSSR count). The molecule has 0 atom stereocenters. The summed E-state index contributed by atoms with van der Waals surface area (Å²) < 4.78 is 1.00. The highest BCUT2D eigenvalue weighted by atomic mass is 32.1. The van der Waals surface area contributed by atoms with Crippen LogP contribution >= 0.6 is 22.7 Å². The maximum Gasteiger partial charge on any atom is 0.231 e. The Labute approximate surface area is 194 Å². The fourth-order valence-corrected chi connectivity index (χ4v) is 4.94. The molecular weight excluding hydrogens is 440 g/mol. The zero-order valence-electron chi connectivity index (χ0n) is 18.0. The van der Waals surface area contributed by atoms with Crippen molar-refractivity contribution in [2.45, 2.75) is 20.8 Å². The highest BCUT2D eigenvalue weighted by Crippen LogP contribution is 2.39. The van der Waals surface area contributed by atoms with Gasteiger partial charge in [0.15, 0.2) is 5.78 Å². The molecule has 0 aliphatic heterocycles. The molecule has 2 heterocycles. The van der Waals surface area contributed by atoms with E-state index in [4.69, 9.17) is 0 Å². The second kappa shape index (κ2) is 9.88. The quantitative estimate of drug-likeness (QED) is 0.195. The molecule has 0 bridgehead atoms. The van der Waals surface area contributed by atoms with Crippen LogP contribution in [-0.4, -0.2) is 23.9 Å². The lowest BCUT2D eigenvalue weighted by Crippen LogP contribution is -2.21. The van der Waals surface area contributed by atoms with Crippen molar-refractivity contribution in [3.63, 3.8) is 0 Å². The Morgan fingerprint density at radius 1 is 0.875 bits per heavy atom. The van der Waals surface area contributed by atoms with Gasteiger partial charge in [-0.1, -0.05) is 22.7 Å². The van der Waals surface area contributed by atoms with Gasteiger partial charge in [-0.3, -0.25) is 4.79 Å². The van der Waals surface area contributed by atoms with Crippen LogP contribution in [0.15, 0.2) is 75.1 Å². The van der Waals surface area contributed by atoms with Gasteiger partial charge in [-0.2, -0.15) is 0 Å². The smallest absolute Gasteiger partial charge is 0.231 e. The number of Topliss-reactive ketones (excluding diaryl/α,β-unsaturated/α-hetero) is 1. The third-order valence-corrected chi connectivity index (χ3v) is 6.76. The van der Waals surface area contributed by atoms with E-state index in [2.05, 4.69) is 56.3 Å². The first-order valence-electron chi connectivity index (χ1n) is 10.3. The second-order valence-corrected chi connectivity index (χ2v) is 8.96. The molecule has 32 heavy (non-hydrogen) atoms. The van der Waals surface area contributed by atoms with E-state index < -0.39 is 0 Å². The van der Waals surface area contributed by atoms with Crippen LogP contribution in [0.5, 0.6) is 0 Å². The molecule has 0 N–H and O–H groups in total. The van der Waals surface area contributed by atoms with Crippen molar-refractivity contribution >= 4 is 65.2 Å². The SMILES string of the molecule is CCN(CC)c1ccc(N=Nc2nc3sc(N=Nc4ccc(C(C)=O)cc4)cc3s2)cc1. The molecule has 0 unspecified atom stereocenters. The van der Waals surface area contributed by atoms with Gasteiger partial charge < -0.3 is 4.90 Å². The number of nitrogens with zero attached hydrogens (tertiary/aromatic N) is 6. The van der Waals surface area contributed by atoms with Crippen LogP contribution in [-0.2, 0) is 0 Å². The standard InChI is InChI=1S/C23H22N6OS2/c1-4-29(5-2)19-12-10-18(11-13-19)26-28-23-24-22-20(31-23)14-21(32-22)27-25-17-8-6-16(7-9-17)15(3)30/h6-14H,4-5H2,1-3H3. The summed E-state index contributed by atoms with van der Waals surface area (Å²) in [6.07, 6.45) is 0. The number of carbonyl (C=O) groups is 1. The monoisotopic (exact) mass is 462 g/mol. The number of ketones is 1. The van der Waals surface area contributed by atoms with Gasteiger partial charge in [0.05, 0.1) is 16.1 Å². The molecule has 2 aromatic carbocycles. The van der Waals surface area contributed by atoms with Gasteiger partial charge >= 0.3 is 0 Å².